The van der Waals surface area contributed by atoms with Gasteiger partial charge in [0, 0.05) is 39.8 Å². The SMILES string of the molecule is O=C1CCC2(CN(C(=O)c3cc4cc(OCc5ccc(Cl)cc5Cl)ccc4s3)C2)N1. The van der Waals surface area contributed by atoms with Crippen molar-refractivity contribution in [3.8, 4) is 5.75 Å². The summed E-state index contributed by atoms with van der Waals surface area (Å²) in [5.41, 5.74) is 0.654. The molecule has 2 amide bonds. The van der Waals surface area contributed by atoms with Crippen LogP contribution in [0.3, 0.4) is 0 Å². The highest BCUT2D eigenvalue weighted by molar-refractivity contribution is 7.20. The molecule has 0 radical (unpaired) electrons. The van der Waals surface area contributed by atoms with Gasteiger partial charge in [0.05, 0.1) is 10.4 Å². The van der Waals surface area contributed by atoms with E-state index in [9.17, 15) is 9.59 Å². The molecule has 154 valence electrons. The van der Waals surface area contributed by atoms with Crippen molar-refractivity contribution in [3.63, 3.8) is 0 Å². The van der Waals surface area contributed by atoms with Gasteiger partial charge in [0.25, 0.3) is 5.91 Å². The fraction of sp³-hybridized carbons (Fsp3) is 0.273. The average Bonchev–Trinajstić information content (AvgIpc) is 3.29. The molecule has 3 aromatic rings. The monoisotopic (exact) mass is 460 g/mol. The molecule has 2 aromatic carbocycles. The number of carbonyl (C=O) groups excluding carboxylic acids is 2. The first-order valence-corrected chi connectivity index (χ1v) is 11.2. The lowest BCUT2D eigenvalue weighted by Gasteiger charge is -2.47. The van der Waals surface area contributed by atoms with Crippen LogP contribution in [0.1, 0.15) is 28.1 Å². The van der Waals surface area contributed by atoms with E-state index in [0.717, 1.165) is 22.1 Å². The van der Waals surface area contributed by atoms with Crippen LogP contribution in [0.4, 0.5) is 0 Å². The van der Waals surface area contributed by atoms with E-state index in [1.807, 2.05) is 30.3 Å². The lowest BCUT2D eigenvalue weighted by atomic mass is 9.88. The smallest absolute Gasteiger partial charge is 0.264 e. The van der Waals surface area contributed by atoms with Crippen molar-refractivity contribution < 1.29 is 14.3 Å². The number of thiophene rings is 1. The first-order chi connectivity index (χ1) is 14.4. The van der Waals surface area contributed by atoms with Gasteiger partial charge in [-0.25, -0.2) is 0 Å². The van der Waals surface area contributed by atoms with E-state index in [0.29, 0.717) is 46.8 Å². The molecule has 2 fully saturated rings. The third-order valence-corrected chi connectivity index (χ3v) is 7.31. The predicted octanol–water partition coefficient (Wildman–Crippen LogP) is 4.89. The van der Waals surface area contributed by atoms with Gasteiger partial charge in [-0.05, 0) is 48.2 Å². The topological polar surface area (TPSA) is 58.6 Å². The highest BCUT2D eigenvalue weighted by atomic mass is 35.5. The van der Waals surface area contributed by atoms with E-state index < -0.39 is 0 Å². The van der Waals surface area contributed by atoms with Gasteiger partial charge in [0.2, 0.25) is 5.91 Å². The molecule has 1 aromatic heterocycles. The van der Waals surface area contributed by atoms with E-state index in [2.05, 4.69) is 5.32 Å². The Bertz CT molecular complexity index is 1170. The first kappa shape index (κ1) is 19.7. The zero-order chi connectivity index (χ0) is 20.9. The fourth-order valence-corrected chi connectivity index (χ4v) is 5.49. The minimum Gasteiger partial charge on any atom is -0.489 e. The maximum Gasteiger partial charge on any atom is 0.264 e. The van der Waals surface area contributed by atoms with Crippen molar-refractivity contribution >= 4 is 56.4 Å². The molecular formula is C22H18Cl2N2O3S. The van der Waals surface area contributed by atoms with E-state index in [4.69, 9.17) is 27.9 Å². The number of halogens is 2. The van der Waals surface area contributed by atoms with Crippen molar-refractivity contribution in [2.45, 2.75) is 25.0 Å². The summed E-state index contributed by atoms with van der Waals surface area (Å²) in [6.07, 6.45) is 1.36. The molecule has 5 rings (SSSR count). The molecule has 0 saturated carbocycles. The van der Waals surface area contributed by atoms with Crippen LogP contribution in [-0.4, -0.2) is 35.3 Å². The predicted molar refractivity (Wildman–Crippen MR) is 119 cm³/mol. The van der Waals surface area contributed by atoms with Crippen LogP contribution in [-0.2, 0) is 11.4 Å². The molecule has 0 bridgehead atoms. The number of amides is 2. The third-order valence-electron chi connectivity index (χ3n) is 5.62. The number of rotatable bonds is 4. The molecule has 2 aliphatic heterocycles. The van der Waals surface area contributed by atoms with E-state index in [-0.39, 0.29) is 17.4 Å². The van der Waals surface area contributed by atoms with Crippen molar-refractivity contribution in [1.82, 2.24) is 10.2 Å². The normalized spacial score (nSPS) is 17.3. The molecule has 30 heavy (non-hydrogen) atoms. The summed E-state index contributed by atoms with van der Waals surface area (Å²) in [6, 6.07) is 13.0. The second-order valence-corrected chi connectivity index (χ2v) is 9.75. The van der Waals surface area contributed by atoms with Crippen molar-refractivity contribution in [2.24, 2.45) is 0 Å². The number of benzene rings is 2. The maximum absolute atomic E-state index is 12.8. The van der Waals surface area contributed by atoms with Crippen LogP contribution in [0, 0.1) is 0 Å². The number of fused-ring (bicyclic) bond motifs is 1. The standard InChI is InChI=1S/C22H18Cl2N2O3S/c23-15-2-1-13(17(24)9-15)10-29-16-3-4-18-14(7-16)8-19(30-18)21(28)26-11-22(12-26)6-5-20(27)25-22/h1-4,7-9H,5-6,10-12H2,(H,25,27). The van der Waals surface area contributed by atoms with Crippen LogP contribution in [0.15, 0.2) is 42.5 Å². The average molecular weight is 461 g/mol. The van der Waals surface area contributed by atoms with Gasteiger partial charge < -0.3 is 15.0 Å². The first-order valence-electron chi connectivity index (χ1n) is 9.61. The maximum atomic E-state index is 12.8. The van der Waals surface area contributed by atoms with Gasteiger partial charge in [0.15, 0.2) is 0 Å². The number of hydrogen-bond donors (Lipinski definition) is 1. The summed E-state index contributed by atoms with van der Waals surface area (Å²) >= 11 is 13.6. The molecule has 1 spiro atoms. The number of hydrogen-bond acceptors (Lipinski definition) is 4. The Morgan fingerprint density at radius 1 is 1.17 bits per heavy atom. The largest absolute Gasteiger partial charge is 0.489 e. The summed E-state index contributed by atoms with van der Waals surface area (Å²) in [5, 5.41) is 5.13. The third kappa shape index (κ3) is 3.64. The second-order valence-electron chi connectivity index (χ2n) is 7.82. The molecule has 2 aliphatic rings. The molecule has 0 aliphatic carbocycles. The summed E-state index contributed by atoms with van der Waals surface area (Å²) < 4.78 is 6.91. The highest BCUT2D eigenvalue weighted by Crippen LogP contribution is 2.35. The van der Waals surface area contributed by atoms with Gasteiger partial charge in [-0.3, -0.25) is 9.59 Å². The lowest BCUT2D eigenvalue weighted by molar-refractivity contribution is -0.120. The van der Waals surface area contributed by atoms with Crippen LogP contribution >= 0.6 is 34.5 Å². The van der Waals surface area contributed by atoms with Crippen LogP contribution in [0.25, 0.3) is 10.1 Å². The van der Waals surface area contributed by atoms with E-state index in [1.165, 1.54) is 11.3 Å². The molecule has 1 N–H and O–H groups in total. The van der Waals surface area contributed by atoms with Crippen molar-refractivity contribution in [3.05, 3.63) is 63.0 Å². The number of nitrogens with one attached hydrogen (secondary N) is 1. The number of ether oxygens (including phenoxy) is 1. The zero-order valence-corrected chi connectivity index (χ0v) is 18.2. The minimum atomic E-state index is -0.201. The molecular weight excluding hydrogens is 443 g/mol. The molecule has 3 heterocycles. The van der Waals surface area contributed by atoms with Crippen LogP contribution in [0.2, 0.25) is 10.0 Å². The minimum absolute atomic E-state index is 0.0124. The van der Waals surface area contributed by atoms with E-state index in [1.54, 1.807) is 17.0 Å². The molecule has 2 saturated heterocycles. The van der Waals surface area contributed by atoms with E-state index >= 15 is 0 Å². The Kier molecular flexibility index (Phi) is 4.88. The Balaban J connectivity index is 1.27. The number of nitrogens with zero attached hydrogens (tertiary/aromatic N) is 1. The van der Waals surface area contributed by atoms with Gasteiger partial charge in [0.1, 0.15) is 12.4 Å². The molecule has 5 nitrogen and oxygen atoms in total. The molecule has 8 heteroatoms. The van der Waals surface area contributed by atoms with Crippen LogP contribution in [0.5, 0.6) is 5.75 Å². The summed E-state index contributed by atoms with van der Waals surface area (Å²) in [4.78, 5) is 26.8. The van der Waals surface area contributed by atoms with Crippen LogP contribution < -0.4 is 10.1 Å². The zero-order valence-electron chi connectivity index (χ0n) is 15.9. The Morgan fingerprint density at radius 2 is 2.00 bits per heavy atom. The Labute approximate surface area is 187 Å². The van der Waals surface area contributed by atoms with Crippen molar-refractivity contribution in [1.29, 1.82) is 0 Å². The van der Waals surface area contributed by atoms with Crippen molar-refractivity contribution in [2.75, 3.05) is 13.1 Å². The van der Waals surface area contributed by atoms with Gasteiger partial charge in [-0.2, -0.15) is 0 Å². The van der Waals surface area contributed by atoms with Gasteiger partial charge >= 0.3 is 0 Å². The van der Waals surface area contributed by atoms with Gasteiger partial charge in [-0.15, -0.1) is 11.3 Å². The Hall–Kier alpha value is -2.28. The molecule has 0 atom stereocenters. The number of carbonyl (C=O) groups is 2. The summed E-state index contributed by atoms with van der Waals surface area (Å²) in [5.74, 6) is 0.802. The fourth-order valence-electron chi connectivity index (χ4n) is 4.01. The quantitative estimate of drug-likeness (QED) is 0.602. The Morgan fingerprint density at radius 3 is 2.73 bits per heavy atom. The second kappa shape index (κ2) is 7.45. The summed E-state index contributed by atoms with van der Waals surface area (Å²) in [6.45, 7) is 1.50. The van der Waals surface area contributed by atoms with Gasteiger partial charge in [-0.1, -0.05) is 29.3 Å². The summed E-state index contributed by atoms with van der Waals surface area (Å²) in [7, 11) is 0. The molecule has 0 unspecified atom stereocenters. The highest BCUT2D eigenvalue weighted by Gasteiger charge is 2.49. The number of likely N-dealkylation sites (tertiary alicyclic amines) is 1. The lowest BCUT2D eigenvalue weighted by Crippen LogP contribution is -2.68.